The van der Waals surface area contributed by atoms with E-state index in [1.807, 2.05) is 0 Å². The number of isocyanates is 1. The van der Waals surface area contributed by atoms with E-state index in [0.717, 1.165) is 0 Å². The van der Waals surface area contributed by atoms with E-state index in [0.29, 0.717) is 5.75 Å². The van der Waals surface area contributed by atoms with Crippen molar-refractivity contribution in [2.45, 2.75) is 4.90 Å². The molecule has 0 aromatic heterocycles. The van der Waals surface area contributed by atoms with Crippen LogP contribution in [-0.4, -0.2) is 27.5 Å². The highest BCUT2D eigenvalue weighted by Gasteiger charge is 2.13. The van der Waals surface area contributed by atoms with E-state index < -0.39 is 15.7 Å². The molecule has 15 heavy (non-hydrogen) atoms. The van der Waals surface area contributed by atoms with Gasteiger partial charge in [-0.05, 0) is 18.2 Å². The fourth-order valence-corrected chi connectivity index (χ4v) is 1.93. The number of rotatable bonds is 4. The maximum absolute atomic E-state index is 11.5. The van der Waals surface area contributed by atoms with Crippen LogP contribution in [0.3, 0.4) is 0 Å². The number of methoxy groups -OCH3 is 1. The molecule has 1 aromatic carbocycles. The van der Waals surface area contributed by atoms with Gasteiger partial charge in [0.2, 0.25) is 6.08 Å². The number of benzene rings is 1. The highest BCUT2D eigenvalue weighted by atomic mass is 32.2. The summed E-state index contributed by atoms with van der Waals surface area (Å²) in [5.74, 6) is -0.157. The zero-order valence-electron chi connectivity index (χ0n) is 8.00. The molecule has 0 unspecified atom stereocenters. The molecule has 1 aromatic rings. The SMILES string of the molecule is COc1cccc(S(=O)(=O)CN=C=O)c1. The van der Waals surface area contributed by atoms with Crippen molar-refractivity contribution in [2.24, 2.45) is 4.99 Å². The summed E-state index contributed by atoms with van der Waals surface area (Å²) in [7, 11) is -2.12. The highest BCUT2D eigenvalue weighted by molar-refractivity contribution is 7.91. The first kappa shape index (κ1) is 11.4. The summed E-state index contributed by atoms with van der Waals surface area (Å²) in [5.41, 5.74) is 0. The number of carbonyl (C=O) groups excluding carboxylic acids is 1. The molecule has 80 valence electrons. The Bertz CT molecular complexity index is 489. The van der Waals surface area contributed by atoms with Gasteiger partial charge in [-0.1, -0.05) is 6.07 Å². The normalized spacial score (nSPS) is 10.5. The van der Waals surface area contributed by atoms with Crippen molar-refractivity contribution in [1.29, 1.82) is 0 Å². The minimum absolute atomic E-state index is 0.0702. The number of sulfone groups is 1. The first-order chi connectivity index (χ1) is 7.10. The Kier molecular flexibility index (Phi) is 3.60. The summed E-state index contributed by atoms with van der Waals surface area (Å²) >= 11 is 0. The fraction of sp³-hybridized carbons (Fsp3) is 0.222. The maximum atomic E-state index is 11.5. The molecule has 5 nitrogen and oxygen atoms in total. The lowest BCUT2D eigenvalue weighted by Gasteiger charge is -2.03. The molecule has 0 radical (unpaired) electrons. The molecule has 0 N–H and O–H groups in total. The second-order valence-electron chi connectivity index (χ2n) is 2.67. The Morgan fingerprint density at radius 3 is 2.80 bits per heavy atom. The summed E-state index contributed by atoms with van der Waals surface area (Å²) in [6.45, 7) is 0. The number of hydrogen-bond donors (Lipinski definition) is 0. The van der Waals surface area contributed by atoms with Crippen molar-refractivity contribution in [3.63, 3.8) is 0 Å². The van der Waals surface area contributed by atoms with Crippen LogP contribution in [0.4, 0.5) is 0 Å². The quantitative estimate of drug-likeness (QED) is 0.562. The first-order valence-electron chi connectivity index (χ1n) is 4.00. The molecule has 6 heteroatoms. The molecule has 0 bridgehead atoms. The Labute approximate surface area is 87.3 Å². The summed E-state index contributed by atoms with van der Waals surface area (Å²) in [6.07, 6.45) is 1.19. The van der Waals surface area contributed by atoms with E-state index in [9.17, 15) is 13.2 Å². The standard InChI is InChI=1S/C9H9NO4S/c1-14-8-3-2-4-9(5-8)15(12,13)7-10-6-11/h2-5H,7H2,1H3. The Morgan fingerprint density at radius 2 is 2.20 bits per heavy atom. The molecule has 0 saturated carbocycles. The fourth-order valence-electron chi connectivity index (χ4n) is 0.981. The van der Waals surface area contributed by atoms with Gasteiger partial charge in [-0.2, -0.15) is 4.99 Å². The van der Waals surface area contributed by atoms with Crippen LogP contribution in [0.1, 0.15) is 0 Å². The Morgan fingerprint density at radius 1 is 1.47 bits per heavy atom. The molecule has 0 aliphatic carbocycles. The van der Waals surface area contributed by atoms with E-state index in [4.69, 9.17) is 4.74 Å². The van der Waals surface area contributed by atoms with Gasteiger partial charge in [0.1, 0.15) is 5.75 Å². The average molecular weight is 227 g/mol. The largest absolute Gasteiger partial charge is 0.497 e. The molecule has 0 aliphatic rings. The smallest absolute Gasteiger partial charge is 0.236 e. The molecule has 0 amide bonds. The minimum atomic E-state index is -3.56. The van der Waals surface area contributed by atoms with Gasteiger partial charge < -0.3 is 4.74 Å². The molecular weight excluding hydrogens is 218 g/mol. The third kappa shape index (κ3) is 2.90. The zero-order valence-corrected chi connectivity index (χ0v) is 8.82. The minimum Gasteiger partial charge on any atom is -0.497 e. The number of hydrogen-bond acceptors (Lipinski definition) is 5. The van der Waals surface area contributed by atoms with Crippen molar-refractivity contribution < 1.29 is 17.9 Å². The lowest BCUT2D eigenvalue weighted by atomic mass is 10.3. The Balaban J connectivity index is 3.09. The van der Waals surface area contributed by atoms with Gasteiger partial charge >= 0.3 is 0 Å². The molecule has 0 fully saturated rings. The van der Waals surface area contributed by atoms with Gasteiger partial charge in [0.15, 0.2) is 15.7 Å². The second kappa shape index (κ2) is 4.72. The monoisotopic (exact) mass is 227 g/mol. The number of nitrogens with zero attached hydrogens (tertiary/aromatic N) is 1. The summed E-state index contributed by atoms with van der Waals surface area (Å²) in [6, 6.07) is 5.96. The third-order valence-corrected chi connectivity index (χ3v) is 3.14. The van der Waals surface area contributed by atoms with Crippen LogP contribution in [0.25, 0.3) is 0 Å². The lowest BCUT2D eigenvalue weighted by molar-refractivity contribution is 0.413. The van der Waals surface area contributed by atoms with Crippen molar-refractivity contribution >= 4 is 15.9 Å². The van der Waals surface area contributed by atoms with Crippen LogP contribution in [0.5, 0.6) is 5.75 Å². The van der Waals surface area contributed by atoms with Gasteiger partial charge in [0.25, 0.3) is 0 Å². The first-order valence-corrected chi connectivity index (χ1v) is 5.66. The molecule has 0 atom stereocenters. The van der Waals surface area contributed by atoms with Crippen LogP contribution < -0.4 is 4.74 Å². The Hall–Kier alpha value is -1.65. The van der Waals surface area contributed by atoms with Gasteiger partial charge in [-0.3, -0.25) is 0 Å². The topological polar surface area (TPSA) is 72.8 Å². The lowest BCUT2D eigenvalue weighted by Crippen LogP contribution is -2.04. The second-order valence-corrected chi connectivity index (χ2v) is 4.63. The third-order valence-electron chi connectivity index (χ3n) is 1.70. The maximum Gasteiger partial charge on any atom is 0.236 e. The van der Waals surface area contributed by atoms with Crippen LogP contribution in [-0.2, 0) is 14.6 Å². The summed E-state index contributed by atoms with van der Waals surface area (Å²) < 4.78 is 27.9. The molecule has 1 rings (SSSR count). The van der Waals surface area contributed by atoms with Gasteiger partial charge in [0, 0.05) is 0 Å². The van der Waals surface area contributed by atoms with Crippen molar-refractivity contribution in [3.8, 4) is 5.75 Å². The van der Waals surface area contributed by atoms with Crippen molar-refractivity contribution in [1.82, 2.24) is 0 Å². The number of ether oxygens (including phenoxy) is 1. The van der Waals surface area contributed by atoms with Crippen LogP contribution in [0, 0.1) is 0 Å². The predicted octanol–water partition coefficient (Wildman–Crippen LogP) is 0.762. The molecule has 0 heterocycles. The van der Waals surface area contributed by atoms with E-state index >= 15 is 0 Å². The van der Waals surface area contributed by atoms with Gasteiger partial charge in [0.05, 0.1) is 12.0 Å². The molecule has 0 saturated heterocycles. The summed E-state index contributed by atoms with van der Waals surface area (Å²) in [5, 5.41) is 0. The van der Waals surface area contributed by atoms with Crippen LogP contribution >= 0.6 is 0 Å². The average Bonchev–Trinajstić information content (AvgIpc) is 2.26. The van der Waals surface area contributed by atoms with Crippen LogP contribution in [0.15, 0.2) is 34.2 Å². The van der Waals surface area contributed by atoms with Crippen molar-refractivity contribution in [3.05, 3.63) is 24.3 Å². The highest BCUT2D eigenvalue weighted by Crippen LogP contribution is 2.18. The molecule has 0 spiro atoms. The summed E-state index contributed by atoms with van der Waals surface area (Å²) in [4.78, 5) is 12.9. The van der Waals surface area contributed by atoms with E-state index in [-0.39, 0.29) is 4.90 Å². The zero-order chi connectivity index (χ0) is 11.3. The van der Waals surface area contributed by atoms with Gasteiger partial charge in [-0.25, -0.2) is 13.2 Å². The van der Waals surface area contributed by atoms with Crippen molar-refractivity contribution in [2.75, 3.05) is 13.0 Å². The van der Waals surface area contributed by atoms with E-state index in [1.54, 1.807) is 12.1 Å². The number of aliphatic imine (C=N–C) groups is 1. The molecule has 0 aliphatic heterocycles. The van der Waals surface area contributed by atoms with Crippen LogP contribution in [0.2, 0.25) is 0 Å². The van der Waals surface area contributed by atoms with E-state index in [2.05, 4.69) is 4.99 Å². The van der Waals surface area contributed by atoms with E-state index in [1.165, 1.54) is 25.3 Å². The predicted molar refractivity (Wildman–Crippen MR) is 53.2 cm³/mol. The molecular formula is C9H9NO4S. The van der Waals surface area contributed by atoms with Gasteiger partial charge in [-0.15, -0.1) is 0 Å².